The Balaban J connectivity index is 1.81. The van der Waals surface area contributed by atoms with Gasteiger partial charge in [0.25, 0.3) is 0 Å². The summed E-state index contributed by atoms with van der Waals surface area (Å²) in [4.78, 5) is 17.0. The quantitative estimate of drug-likeness (QED) is 0.331. The van der Waals surface area contributed by atoms with Crippen LogP contribution in [0.15, 0.2) is 49.1 Å². The molecule has 3 heterocycles. The molecule has 4 aromatic rings. The fourth-order valence-electron chi connectivity index (χ4n) is 3.73. The van der Waals surface area contributed by atoms with Crippen LogP contribution < -0.4 is 9.47 Å². The molecule has 0 unspecified atom stereocenters. The van der Waals surface area contributed by atoms with Crippen molar-refractivity contribution < 1.29 is 17.9 Å². The van der Waals surface area contributed by atoms with Gasteiger partial charge in [0, 0.05) is 23.9 Å². The first-order valence-corrected chi connectivity index (χ1v) is 12.9. The molecule has 0 radical (unpaired) electrons. The number of aryl methyl sites for hydroxylation is 1. The summed E-state index contributed by atoms with van der Waals surface area (Å²) in [7, 11) is -0.819. The summed E-state index contributed by atoms with van der Waals surface area (Å²) in [5, 5.41) is 7.80. The van der Waals surface area contributed by atoms with E-state index < -0.39 is 26.8 Å². The fourth-order valence-corrected chi connectivity index (χ4v) is 5.28. The first-order chi connectivity index (χ1) is 17.3. The number of ether oxygens (including phenoxy) is 2. The Morgan fingerprint density at radius 1 is 0.917 bits per heavy atom. The number of sulfone groups is 1. The van der Waals surface area contributed by atoms with E-state index in [4.69, 9.17) is 9.47 Å². The zero-order valence-corrected chi connectivity index (χ0v) is 21.5. The van der Waals surface area contributed by atoms with Crippen LogP contribution in [0.1, 0.15) is 37.0 Å². The number of aromatic nitrogens is 7. The lowest BCUT2D eigenvalue weighted by Gasteiger charge is -2.20. The third-order valence-electron chi connectivity index (χ3n) is 5.94. The molecule has 0 aliphatic heterocycles. The highest BCUT2D eigenvalue weighted by Gasteiger charge is 2.33. The SMILES string of the molecule is COc1ncnc(OC)c1-n1c(CS(=O)(=O)[C@@H](C)[C@H](C)c2ncc(C)cn2)nnc1-c1ccccc1. The monoisotopic (exact) mass is 509 g/mol. The van der Waals surface area contributed by atoms with E-state index in [0.29, 0.717) is 17.3 Å². The molecule has 188 valence electrons. The summed E-state index contributed by atoms with van der Waals surface area (Å²) in [5.74, 6) is 0.566. The van der Waals surface area contributed by atoms with E-state index in [2.05, 4.69) is 30.1 Å². The summed E-state index contributed by atoms with van der Waals surface area (Å²) in [6.45, 7) is 5.32. The molecular weight excluding hydrogens is 482 g/mol. The first kappa shape index (κ1) is 25.2. The molecule has 0 amide bonds. The molecule has 0 saturated carbocycles. The van der Waals surface area contributed by atoms with Crippen LogP contribution in [0.2, 0.25) is 0 Å². The van der Waals surface area contributed by atoms with E-state index in [1.807, 2.05) is 37.3 Å². The molecule has 0 aliphatic carbocycles. The Kier molecular flexibility index (Phi) is 7.25. The molecule has 0 saturated heterocycles. The zero-order valence-electron chi connectivity index (χ0n) is 20.7. The molecule has 0 spiro atoms. The maximum atomic E-state index is 13.6. The lowest BCUT2D eigenvalue weighted by Crippen LogP contribution is -2.27. The highest BCUT2D eigenvalue weighted by Crippen LogP contribution is 2.34. The normalized spacial score (nSPS) is 13.2. The van der Waals surface area contributed by atoms with Crippen LogP contribution in [0, 0.1) is 6.92 Å². The molecule has 36 heavy (non-hydrogen) atoms. The van der Waals surface area contributed by atoms with E-state index in [1.165, 1.54) is 20.5 Å². The Bertz CT molecular complexity index is 1420. The van der Waals surface area contributed by atoms with Gasteiger partial charge in [0.1, 0.15) is 17.9 Å². The molecule has 3 aromatic heterocycles. The summed E-state index contributed by atoms with van der Waals surface area (Å²) in [5.41, 5.74) is 1.92. The highest BCUT2D eigenvalue weighted by molar-refractivity contribution is 7.91. The van der Waals surface area contributed by atoms with Crippen molar-refractivity contribution in [1.82, 2.24) is 34.7 Å². The van der Waals surface area contributed by atoms with Gasteiger partial charge in [-0.05, 0) is 19.4 Å². The van der Waals surface area contributed by atoms with Crippen LogP contribution in [0.3, 0.4) is 0 Å². The average Bonchev–Trinajstić information content (AvgIpc) is 3.30. The van der Waals surface area contributed by atoms with Gasteiger partial charge >= 0.3 is 0 Å². The number of rotatable bonds is 9. The Labute approximate surface area is 209 Å². The van der Waals surface area contributed by atoms with Crippen molar-refractivity contribution in [3.8, 4) is 28.8 Å². The van der Waals surface area contributed by atoms with Crippen LogP contribution in [-0.2, 0) is 15.6 Å². The largest absolute Gasteiger partial charge is 0.479 e. The van der Waals surface area contributed by atoms with Crippen molar-refractivity contribution in [3.05, 3.63) is 66.3 Å². The van der Waals surface area contributed by atoms with Gasteiger partial charge in [0.15, 0.2) is 27.2 Å². The molecule has 2 atom stereocenters. The number of benzene rings is 1. The molecule has 0 fully saturated rings. The maximum absolute atomic E-state index is 13.6. The molecule has 11 nitrogen and oxygen atoms in total. The van der Waals surface area contributed by atoms with E-state index >= 15 is 0 Å². The maximum Gasteiger partial charge on any atom is 0.245 e. The summed E-state index contributed by atoms with van der Waals surface area (Å²) in [6.07, 6.45) is 4.65. The molecular formula is C24H27N7O4S. The van der Waals surface area contributed by atoms with Crippen molar-refractivity contribution in [2.75, 3.05) is 14.2 Å². The minimum absolute atomic E-state index is 0.170. The molecule has 12 heteroatoms. The Morgan fingerprint density at radius 2 is 1.53 bits per heavy atom. The first-order valence-electron chi connectivity index (χ1n) is 11.2. The van der Waals surface area contributed by atoms with Crippen LogP contribution >= 0.6 is 0 Å². The molecule has 0 bridgehead atoms. The van der Waals surface area contributed by atoms with Gasteiger partial charge < -0.3 is 9.47 Å². The van der Waals surface area contributed by atoms with Crippen molar-refractivity contribution in [2.24, 2.45) is 0 Å². The standard InChI is InChI=1S/C24H27N7O4S/c1-15-11-25-21(26-12-15)16(2)17(3)36(32,33)13-19-29-30-22(18-9-7-6-8-10-18)31(19)20-23(34-4)27-14-28-24(20)35-5/h6-12,14,16-17H,13H2,1-5H3/t16-,17-/m0/s1. The number of hydrogen-bond donors (Lipinski definition) is 0. The predicted octanol–water partition coefficient (Wildman–Crippen LogP) is 2.95. The highest BCUT2D eigenvalue weighted by atomic mass is 32.2. The van der Waals surface area contributed by atoms with Gasteiger partial charge in [-0.25, -0.2) is 18.4 Å². The van der Waals surface area contributed by atoms with E-state index in [9.17, 15) is 8.42 Å². The van der Waals surface area contributed by atoms with Gasteiger partial charge in [0.05, 0.1) is 19.5 Å². The number of nitrogens with zero attached hydrogens (tertiary/aromatic N) is 7. The Hall–Kier alpha value is -3.93. The molecule has 1 aromatic carbocycles. The lowest BCUT2D eigenvalue weighted by molar-refractivity contribution is 0.368. The van der Waals surface area contributed by atoms with Crippen LogP contribution in [0.4, 0.5) is 0 Å². The van der Waals surface area contributed by atoms with Crippen molar-refractivity contribution in [1.29, 1.82) is 0 Å². The van der Waals surface area contributed by atoms with Gasteiger partial charge in [-0.2, -0.15) is 9.97 Å². The zero-order chi connectivity index (χ0) is 25.9. The van der Waals surface area contributed by atoms with E-state index in [-0.39, 0.29) is 17.6 Å². The second-order valence-electron chi connectivity index (χ2n) is 8.30. The van der Waals surface area contributed by atoms with Crippen molar-refractivity contribution in [3.63, 3.8) is 0 Å². The lowest BCUT2D eigenvalue weighted by atomic mass is 10.1. The van der Waals surface area contributed by atoms with E-state index in [0.717, 1.165) is 11.1 Å². The van der Waals surface area contributed by atoms with Crippen LogP contribution in [0.5, 0.6) is 11.8 Å². The number of methoxy groups -OCH3 is 2. The Morgan fingerprint density at radius 3 is 2.11 bits per heavy atom. The third-order valence-corrected chi connectivity index (χ3v) is 8.14. The van der Waals surface area contributed by atoms with Crippen molar-refractivity contribution >= 4 is 9.84 Å². The minimum Gasteiger partial charge on any atom is -0.479 e. The van der Waals surface area contributed by atoms with E-state index in [1.54, 1.807) is 30.8 Å². The topological polar surface area (TPSA) is 135 Å². The second-order valence-corrected chi connectivity index (χ2v) is 10.7. The predicted molar refractivity (Wildman–Crippen MR) is 133 cm³/mol. The van der Waals surface area contributed by atoms with Gasteiger partial charge in [0.2, 0.25) is 11.8 Å². The average molecular weight is 510 g/mol. The molecule has 4 rings (SSSR count). The fraction of sp³-hybridized carbons (Fsp3) is 0.333. The van der Waals surface area contributed by atoms with Crippen molar-refractivity contribution in [2.45, 2.75) is 37.7 Å². The van der Waals surface area contributed by atoms with Gasteiger partial charge in [-0.3, -0.25) is 4.57 Å². The third kappa shape index (κ3) is 4.89. The minimum atomic E-state index is -3.74. The van der Waals surface area contributed by atoms with Gasteiger partial charge in [-0.15, -0.1) is 10.2 Å². The number of hydrogen-bond acceptors (Lipinski definition) is 10. The van der Waals surface area contributed by atoms with Crippen LogP contribution in [0.25, 0.3) is 17.1 Å². The second kappa shape index (κ2) is 10.4. The van der Waals surface area contributed by atoms with Gasteiger partial charge in [-0.1, -0.05) is 37.3 Å². The summed E-state index contributed by atoms with van der Waals surface area (Å²) in [6, 6.07) is 9.28. The van der Waals surface area contributed by atoms with Crippen LogP contribution in [-0.4, -0.2) is 62.6 Å². The summed E-state index contributed by atoms with van der Waals surface area (Å²) < 4.78 is 39.7. The molecule has 0 N–H and O–H groups in total. The molecule has 0 aliphatic rings. The smallest absolute Gasteiger partial charge is 0.245 e. The summed E-state index contributed by atoms with van der Waals surface area (Å²) >= 11 is 0.